The first-order valence-electron chi connectivity index (χ1n) is 5.04. The molecule has 2 aromatic carbocycles. The van der Waals surface area contributed by atoms with Crippen molar-refractivity contribution in [1.82, 2.24) is 4.98 Å². The highest BCUT2D eigenvalue weighted by Gasteiger charge is 2.05. The largest absolute Gasteiger partial charge is 0.306 e. The molecule has 16 heavy (non-hydrogen) atoms. The Bertz CT molecular complexity index is 664. The third-order valence-corrected chi connectivity index (χ3v) is 3.07. The van der Waals surface area contributed by atoms with E-state index < -0.39 is 0 Å². The summed E-state index contributed by atoms with van der Waals surface area (Å²) in [6, 6.07) is 16.4. The predicted molar refractivity (Wildman–Crippen MR) is 71.8 cm³/mol. The lowest BCUT2D eigenvalue weighted by molar-refractivity contribution is 1.45. The highest BCUT2D eigenvalue weighted by atomic mass is 79.9. The Hall–Kier alpha value is -1.61. The fourth-order valence-electron chi connectivity index (χ4n) is 1.98. The molecule has 0 amide bonds. The van der Waals surface area contributed by atoms with Crippen LogP contribution in [0.2, 0.25) is 0 Å². The summed E-state index contributed by atoms with van der Waals surface area (Å²) in [5, 5.41) is 3.53. The summed E-state index contributed by atoms with van der Waals surface area (Å²) in [7, 11) is 0. The van der Waals surface area contributed by atoms with Gasteiger partial charge in [-0.3, -0.25) is 0 Å². The van der Waals surface area contributed by atoms with E-state index in [1.54, 1.807) is 0 Å². The zero-order valence-electron chi connectivity index (χ0n) is 8.44. The SMILES string of the molecule is BrNc1nc2ccccc2c2ccccc12. The number of aromatic nitrogens is 1. The second-order valence-electron chi connectivity index (χ2n) is 3.62. The average molecular weight is 273 g/mol. The molecule has 0 fully saturated rings. The van der Waals surface area contributed by atoms with Gasteiger partial charge in [0.2, 0.25) is 0 Å². The third kappa shape index (κ3) is 1.36. The first-order chi connectivity index (χ1) is 7.90. The Morgan fingerprint density at radius 3 is 2.19 bits per heavy atom. The third-order valence-electron chi connectivity index (χ3n) is 2.70. The summed E-state index contributed by atoms with van der Waals surface area (Å²) in [5.74, 6) is 0.856. The second kappa shape index (κ2) is 3.76. The molecule has 1 N–H and O–H groups in total. The fourth-order valence-corrected chi connectivity index (χ4v) is 2.28. The van der Waals surface area contributed by atoms with Gasteiger partial charge in [-0.05, 0) is 11.5 Å². The number of anilines is 1. The fraction of sp³-hybridized carbons (Fsp3) is 0. The van der Waals surface area contributed by atoms with Crippen LogP contribution in [0.4, 0.5) is 5.82 Å². The molecule has 3 rings (SSSR count). The van der Waals surface area contributed by atoms with Gasteiger partial charge in [0.15, 0.2) is 0 Å². The number of halogens is 1. The molecule has 0 bridgehead atoms. The van der Waals surface area contributed by atoms with Crippen LogP contribution in [0.25, 0.3) is 21.7 Å². The molecule has 78 valence electrons. The summed E-state index contributed by atoms with van der Waals surface area (Å²) >= 11 is 3.25. The van der Waals surface area contributed by atoms with E-state index in [0.29, 0.717) is 0 Å². The van der Waals surface area contributed by atoms with Crippen LogP contribution in [0.1, 0.15) is 0 Å². The van der Waals surface area contributed by atoms with Gasteiger partial charge in [0, 0.05) is 26.9 Å². The van der Waals surface area contributed by atoms with Gasteiger partial charge in [0.25, 0.3) is 0 Å². The lowest BCUT2D eigenvalue weighted by atomic mass is 10.1. The van der Waals surface area contributed by atoms with Gasteiger partial charge in [-0.15, -0.1) is 0 Å². The quantitative estimate of drug-likeness (QED) is 0.533. The minimum absolute atomic E-state index is 0.856. The predicted octanol–water partition coefficient (Wildman–Crippen LogP) is 4.11. The molecule has 0 radical (unpaired) electrons. The monoisotopic (exact) mass is 272 g/mol. The molecule has 0 saturated carbocycles. The van der Waals surface area contributed by atoms with E-state index in [0.717, 1.165) is 16.7 Å². The minimum Gasteiger partial charge on any atom is -0.306 e. The van der Waals surface area contributed by atoms with Crippen molar-refractivity contribution >= 4 is 43.6 Å². The van der Waals surface area contributed by atoms with Crippen molar-refractivity contribution in [1.29, 1.82) is 0 Å². The molecule has 0 unspecified atom stereocenters. The van der Waals surface area contributed by atoms with Gasteiger partial charge < -0.3 is 4.34 Å². The van der Waals surface area contributed by atoms with E-state index in [1.807, 2.05) is 30.3 Å². The summed E-state index contributed by atoms with van der Waals surface area (Å²) < 4.78 is 2.96. The van der Waals surface area contributed by atoms with Gasteiger partial charge in [-0.1, -0.05) is 42.5 Å². The maximum absolute atomic E-state index is 4.56. The Kier molecular flexibility index (Phi) is 2.26. The topological polar surface area (TPSA) is 24.9 Å². The van der Waals surface area contributed by atoms with Crippen LogP contribution in [0.15, 0.2) is 48.5 Å². The highest BCUT2D eigenvalue weighted by Crippen LogP contribution is 2.29. The number of nitrogens with one attached hydrogen (secondary N) is 1. The number of rotatable bonds is 1. The molecule has 0 aliphatic carbocycles. The molecular weight excluding hydrogens is 264 g/mol. The molecule has 1 heterocycles. The van der Waals surface area contributed by atoms with E-state index in [4.69, 9.17) is 0 Å². The Labute approximate surface area is 102 Å². The van der Waals surface area contributed by atoms with Crippen LogP contribution in [0.3, 0.4) is 0 Å². The van der Waals surface area contributed by atoms with Gasteiger partial charge in [0.05, 0.1) is 5.52 Å². The zero-order valence-corrected chi connectivity index (χ0v) is 10.0. The first kappa shape index (κ1) is 9.60. The van der Waals surface area contributed by atoms with Crippen molar-refractivity contribution in [2.75, 3.05) is 4.34 Å². The van der Waals surface area contributed by atoms with Gasteiger partial charge in [-0.25, -0.2) is 4.98 Å². The number of pyridine rings is 1. The lowest BCUT2D eigenvalue weighted by Crippen LogP contribution is -1.89. The number of hydrogen-bond acceptors (Lipinski definition) is 2. The van der Waals surface area contributed by atoms with Crippen molar-refractivity contribution in [3.63, 3.8) is 0 Å². The number of hydrogen-bond donors (Lipinski definition) is 1. The Morgan fingerprint density at radius 2 is 1.44 bits per heavy atom. The maximum Gasteiger partial charge on any atom is 0.144 e. The molecule has 3 aromatic rings. The smallest absolute Gasteiger partial charge is 0.144 e. The van der Waals surface area contributed by atoms with Crippen molar-refractivity contribution < 1.29 is 0 Å². The van der Waals surface area contributed by atoms with Crippen LogP contribution in [0, 0.1) is 0 Å². The van der Waals surface area contributed by atoms with Crippen LogP contribution in [-0.2, 0) is 0 Å². The molecule has 3 heteroatoms. The highest BCUT2D eigenvalue weighted by molar-refractivity contribution is 9.10. The van der Waals surface area contributed by atoms with Crippen molar-refractivity contribution in [3.8, 4) is 0 Å². The Balaban J connectivity index is 2.57. The van der Waals surface area contributed by atoms with Crippen LogP contribution in [0.5, 0.6) is 0 Å². The van der Waals surface area contributed by atoms with Crippen molar-refractivity contribution in [2.24, 2.45) is 0 Å². The van der Waals surface area contributed by atoms with Gasteiger partial charge >= 0.3 is 0 Å². The molecule has 0 aliphatic heterocycles. The molecule has 0 aliphatic rings. The molecule has 1 aromatic heterocycles. The average Bonchev–Trinajstić information content (AvgIpc) is 2.38. The number of benzene rings is 2. The van der Waals surface area contributed by atoms with Crippen molar-refractivity contribution in [2.45, 2.75) is 0 Å². The van der Waals surface area contributed by atoms with E-state index in [-0.39, 0.29) is 0 Å². The maximum atomic E-state index is 4.56. The number of nitrogens with zero attached hydrogens (tertiary/aromatic N) is 1. The second-order valence-corrected chi connectivity index (χ2v) is 4.01. The normalized spacial score (nSPS) is 10.8. The van der Waals surface area contributed by atoms with E-state index in [2.05, 4.69) is 43.7 Å². The molecule has 0 spiro atoms. The molecule has 0 saturated heterocycles. The van der Waals surface area contributed by atoms with Gasteiger partial charge in [-0.2, -0.15) is 0 Å². The molecular formula is C13H9BrN2. The standard InChI is InChI=1S/C13H9BrN2/c14-16-13-11-7-2-1-5-9(11)10-6-3-4-8-12(10)15-13/h1-8H,(H,15,16). The molecule has 0 atom stereocenters. The van der Waals surface area contributed by atoms with Crippen LogP contribution >= 0.6 is 16.1 Å². The Morgan fingerprint density at radius 1 is 0.812 bits per heavy atom. The van der Waals surface area contributed by atoms with Crippen molar-refractivity contribution in [3.05, 3.63) is 48.5 Å². The summed E-state index contributed by atoms with van der Waals surface area (Å²) in [6.07, 6.45) is 0. The van der Waals surface area contributed by atoms with Crippen LogP contribution in [-0.4, -0.2) is 4.98 Å². The lowest BCUT2D eigenvalue weighted by Gasteiger charge is -2.07. The summed E-state index contributed by atoms with van der Waals surface area (Å²) in [5.41, 5.74) is 1.00. The van der Waals surface area contributed by atoms with Crippen LogP contribution < -0.4 is 4.34 Å². The number of fused-ring (bicyclic) bond motifs is 3. The molecule has 2 nitrogen and oxygen atoms in total. The van der Waals surface area contributed by atoms with Gasteiger partial charge in [0.1, 0.15) is 5.82 Å². The summed E-state index contributed by atoms with van der Waals surface area (Å²) in [4.78, 5) is 4.56. The number of para-hydroxylation sites is 1. The summed E-state index contributed by atoms with van der Waals surface area (Å²) in [6.45, 7) is 0. The van der Waals surface area contributed by atoms with E-state index >= 15 is 0 Å². The first-order valence-corrected chi connectivity index (χ1v) is 5.83. The van der Waals surface area contributed by atoms with E-state index in [1.165, 1.54) is 10.8 Å². The van der Waals surface area contributed by atoms with E-state index in [9.17, 15) is 0 Å². The minimum atomic E-state index is 0.856. The zero-order chi connectivity index (χ0) is 11.0.